The first-order valence-corrected chi connectivity index (χ1v) is 7.17. The lowest BCUT2D eigenvalue weighted by Crippen LogP contribution is -2.43. The summed E-state index contributed by atoms with van der Waals surface area (Å²) in [6.45, 7) is 11.1. The number of nitrogens with one attached hydrogen (secondary N) is 1. The molecule has 0 fully saturated rings. The van der Waals surface area contributed by atoms with E-state index >= 15 is 0 Å². The first-order valence-electron chi connectivity index (χ1n) is 7.17. The van der Waals surface area contributed by atoms with Crippen LogP contribution in [0.2, 0.25) is 0 Å². The summed E-state index contributed by atoms with van der Waals surface area (Å²) in [6, 6.07) is 0. The summed E-state index contributed by atoms with van der Waals surface area (Å²) in [4.78, 5) is 11.0. The molecule has 1 amide bonds. The first kappa shape index (κ1) is 17.2. The third-order valence-corrected chi connectivity index (χ3v) is 3.72. The Bertz CT molecular complexity index is 245. The number of amides is 1. The lowest BCUT2D eigenvalue weighted by Gasteiger charge is -2.31. The van der Waals surface area contributed by atoms with Gasteiger partial charge in [-0.1, -0.05) is 33.3 Å². The van der Waals surface area contributed by atoms with Crippen molar-refractivity contribution in [1.82, 2.24) is 5.32 Å². The van der Waals surface area contributed by atoms with Crippen LogP contribution in [0.25, 0.3) is 0 Å². The minimum Gasteiger partial charge on any atom is -0.352 e. The summed E-state index contributed by atoms with van der Waals surface area (Å²) in [5.41, 5.74) is 0. The Labute approximate surface area is 113 Å². The number of rotatable bonds is 10. The van der Waals surface area contributed by atoms with Crippen LogP contribution in [0.15, 0.2) is 12.7 Å². The molecule has 0 aromatic carbocycles. The highest BCUT2D eigenvalue weighted by atomic mass is 16.1. The molecule has 0 atom stereocenters. The van der Waals surface area contributed by atoms with Gasteiger partial charge in [-0.05, 0) is 18.4 Å². The highest BCUT2D eigenvalue weighted by molar-refractivity contribution is 5.86. The van der Waals surface area contributed by atoms with E-state index in [1.54, 1.807) is 0 Å². The minimum absolute atomic E-state index is 0.0719. The molecule has 1 N–H and O–H groups in total. The van der Waals surface area contributed by atoms with Crippen molar-refractivity contribution in [2.24, 2.45) is 5.92 Å². The predicted molar refractivity (Wildman–Crippen MR) is 78.4 cm³/mol. The van der Waals surface area contributed by atoms with Gasteiger partial charge in [0.05, 0.1) is 27.2 Å². The molecule has 0 unspecified atom stereocenters. The monoisotopic (exact) mass is 255 g/mol. The summed E-state index contributed by atoms with van der Waals surface area (Å²) in [5.74, 6) is 0.792. The zero-order valence-corrected chi connectivity index (χ0v) is 12.7. The maximum absolute atomic E-state index is 11.0. The standard InChI is InChI=1S/C15H30N2O/c1-6-14(7-2)10-13-17(4,5)12-9-11-16-15(18)8-3/h8,14H,3,6-7,9-13H2,1-2,4-5H3/p+1. The first-order chi connectivity index (χ1) is 8.45. The Hall–Kier alpha value is -0.830. The molecule has 18 heavy (non-hydrogen) atoms. The molecular weight excluding hydrogens is 224 g/mol. The smallest absolute Gasteiger partial charge is 0.243 e. The van der Waals surface area contributed by atoms with Crippen LogP contribution in [-0.2, 0) is 4.79 Å². The Kier molecular flexibility index (Phi) is 8.73. The van der Waals surface area contributed by atoms with Crippen LogP contribution in [-0.4, -0.2) is 44.1 Å². The second kappa shape index (κ2) is 9.15. The Morgan fingerprint density at radius 3 is 2.39 bits per heavy atom. The second-order valence-electron chi connectivity index (χ2n) is 5.70. The number of hydrogen-bond donors (Lipinski definition) is 1. The van der Waals surface area contributed by atoms with Crippen LogP contribution in [0.4, 0.5) is 0 Å². The largest absolute Gasteiger partial charge is 0.352 e. The highest BCUT2D eigenvalue weighted by Crippen LogP contribution is 2.14. The third-order valence-electron chi connectivity index (χ3n) is 3.72. The van der Waals surface area contributed by atoms with Crippen molar-refractivity contribution < 1.29 is 9.28 Å². The second-order valence-corrected chi connectivity index (χ2v) is 5.70. The summed E-state index contributed by atoms with van der Waals surface area (Å²) in [6.07, 6.45) is 6.22. The van der Waals surface area contributed by atoms with Gasteiger partial charge in [0.25, 0.3) is 0 Å². The van der Waals surface area contributed by atoms with Gasteiger partial charge in [-0.15, -0.1) is 0 Å². The Balaban J connectivity index is 3.78. The molecule has 0 aliphatic heterocycles. The summed E-state index contributed by atoms with van der Waals surface area (Å²) in [5, 5.41) is 2.83. The van der Waals surface area contributed by atoms with Gasteiger partial charge < -0.3 is 9.80 Å². The normalized spacial score (nSPS) is 11.6. The average molecular weight is 255 g/mol. The van der Waals surface area contributed by atoms with E-state index in [0.717, 1.165) is 29.9 Å². The maximum atomic E-state index is 11.0. The van der Waals surface area contributed by atoms with E-state index in [4.69, 9.17) is 0 Å². The number of hydrogen-bond acceptors (Lipinski definition) is 1. The quantitative estimate of drug-likeness (QED) is 0.363. The van der Waals surface area contributed by atoms with Gasteiger partial charge in [0.1, 0.15) is 0 Å². The van der Waals surface area contributed by atoms with Crippen LogP contribution in [0, 0.1) is 5.92 Å². The zero-order chi connectivity index (χ0) is 14.0. The molecule has 3 heteroatoms. The molecule has 0 aromatic rings. The van der Waals surface area contributed by atoms with Gasteiger partial charge >= 0.3 is 0 Å². The Morgan fingerprint density at radius 2 is 1.89 bits per heavy atom. The third kappa shape index (κ3) is 8.29. The fraction of sp³-hybridized carbons (Fsp3) is 0.800. The maximum Gasteiger partial charge on any atom is 0.243 e. The molecule has 0 heterocycles. The molecule has 0 aromatic heterocycles. The summed E-state index contributed by atoms with van der Waals surface area (Å²) in [7, 11) is 4.55. The van der Waals surface area contributed by atoms with Crippen LogP contribution in [0.1, 0.15) is 39.5 Å². The molecule has 0 saturated heterocycles. The van der Waals surface area contributed by atoms with E-state index in [2.05, 4.69) is 39.8 Å². The van der Waals surface area contributed by atoms with Crippen LogP contribution in [0.5, 0.6) is 0 Å². The molecule has 106 valence electrons. The van der Waals surface area contributed by atoms with E-state index in [0.29, 0.717) is 0 Å². The highest BCUT2D eigenvalue weighted by Gasteiger charge is 2.16. The van der Waals surface area contributed by atoms with Crippen molar-refractivity contribution in [3.63, 3.8) is 0 Å². The minimum atomic E-state index is -0.0719. The van der Waals surface area contributed by atoms with Crippen molar-refractivity contribution in [1.29, 1.82) is 0 Å². The van der Waals surface area contributed by atoms with Gasteiger partial charge in [-0.2, -0.15) is 0 Å². The fourth-order valence-electron chi connectivity index (χ4n) is 2.13. The van der Waals surface area contributed by atoms with Crippen LogP contribution < -0.4 is 5.32 Å². The molecule has 3 nitrogen and oxygen atoms in total. The average Bonchev–Trinajstić information content (AvgIpc) is 2.35. The van der Waals surface area contributed by atoms with Crippen molar-refractivity contribution in [2.45, 2.75) is 39.5 Å². The number of carbonyl (C=O) groups excluding carboxylic acids is 1. The Morgan fingerprint density at radius 1 is 1.28 bits per heavy atom. The van der Waals surface area contributed by atoms with Gasteiger partial charge in [0.2, 0.25) is 5.91 Å². The van der Waals surface area contributed by atoms with E-state index < -0.39 is 0 Å². The topological polar surface area (TPSA) is 29.1 Å². The number of quaternary nitrogens is 1. The van der Waals surface area contributed by atoms with E-state index in [1.165, 1.54) is 31.9 Å². The molecule has 0 radical (unpaired) electrons. The molecular formula is C15H31N2O+. The molecule has 0 spiro atoms. The van der Waals surface area contributed by atoms with Gasteiger partial charge in [0, 0.05) is 13.0 Å². The molecule has 0 aliphatic carbocycles. The SMILES string of the molecule is C=CC(=O)NCCC[N+](C)(C)CCC(CC)CC. The lowest BCUT2D eigenvalue weighted by atomic mass is 9.99. The predicted octanol–water partition coefficient (Wildman–Crippen LogP) is 2.58. The van der Waals surface area contributed by atoms with E-state index in [9.17, 15) is 4.79 Å². The summed E-state index contributed by atoms with van der Waals surface area (Å²) >= 11 is 0. The zero-order valence-electron chi connectivity index (χ0n) is 12.7. The number of nitrogens with zero attached hydrogens (tertiary/aromatic N) is 1. The van der Waals surface area contributed by atoms with Gasteiger partial charge in [-0.3, -0.25) is 4.79 Å². The van der Waals surface area contributed by atoms with Crippen LogP contribution >= 0.6 is 0 Å². The van der Waals surface area contributed by atoms with Gasteiger partial charge in [0.15, 0.2) is 0 Å². The molecule has 0 saturated carbocycles. The molecule has 0 bridgehead atoms. The fourth-order valence-corrected chi connectivity index (χ4v) is 2.13. The van der Waals surface area contributed by atoms with E-state index in [-0.39, 0.29) is 5.91 Å². The summed E-state index contributed by atoms with van der Waals surface area (Å²) < 4.78 is 1.04. The van der Waals surface area contributed by atoms with Crippen LogP contribution in [0.3, 0.4) is 0 Å². The number of carbonyl (C=O) groups is 1. The van der Waals surface area contributed by atoms with Crippen molar-refractivity contribution in [3.8, 4) is 0 Å². The molecule has 0 aliphatic rings. The molecule has 0 rings (SSSR count). The van der Waals surface area contributed by atoms with Crippen molar-refractivity contribution in [3.05, 3.63) is 12.7 Å². The van der Waals surface area contributed by atoms with Gasteiger partial charge in [-0.25, -0.2) is 0 Å². The van der Waals surface area contributed by atoms with Crippen molar-refractivity contribution >= 4 is 5.91 Å². The van der Waals surface area contributed by atoms with Crippen molar-refractivity contribution in [2.75, 3.05) is 33.7 Å². The van der Waals surface area contributed by atoms with E-state index in [1.807, 2.05) is 0 Å². The lowest BCUT2D eigenvalue weighted by molar-refractivity contribution is -0.891.